The largest absolute Gasteiger partial charge is 0.497 e. The molecule has 7 nitrogen and oxygen atoms in total. The van der Waals surface area contributed by atoms with Gasteiger partial charge < -0.3 is 14.6 Å². The van der Waals surface area contributed by atoms with Gasteiger partial charge in [0, 0.05) is 25.5 Å². The average molecular weight is 338 g/mol. The normalized spacial score (nSPS) is 11.8. The summed E-state index contributed by atoms with van der Waals surface area (Å²) in [7, 11) is 3.50. The summed E-state index contributed by atoms with van der Waals surface area (Å²) in [6, 6.07) is 13.8. The highest BCUT2D eigenvalue weighted by Gasteiger charge is 2.22. The number of nitrogens with one attached hydrogen (secondary N) is 1. The van der Waals surface area contributed by atoms with E-state index in [1.807, 2.05) is 42.1 Å². The standard InChI is InChI=1S/C18H18N4O3/c1-21-12-11-19-18(21)17(13-7-9-14(25-2)10-8-13)20-15-5-3-4-6-16(15)22(23)24/h3-12,17,20H,1-2H3. The molecular formula is C18H18N4O3. The predicted molar refractivity (Wildman–Crippen MR) is 94.8 cm³/mol. The van der Waals surface area contributed by atoms with Crippen LogP contribution >= 0.6 is 0 Å². The maximum absolute atomic E-state index is 11.3. The summed E-state index contributed by atoms with van der Waals surface area (Å²) in [5, 5.41) is 14.6. The molecule has 1 atom stereocenters. The Labute approximate surface area is 145 Å². The Morgan fingerprint density at radius 2 is 1.92 bits per heavy atom. The lowest BCUT2D eigenvalue weighted by Gasteiger charge is -2.20. The van der Waals surface area contributed by atoms with Crippen LogP contribution in [0.15, 0.2) is 60.9 Å². The molecule has 1 aromatic heterocycles. The van der Waals surface area contributed by atoms with Gasteiger partial charge >= 0.3 is 0 Å². The number of aryl methyl sites for hydroxylation is 1. The van der Waals surface area contributed by atoms with Crippen molar-refractivity contribution in [3.63, 3.8) is 0 Å². The first-order valence-corrected chi connectivity index (χ1v) is 7.71. The van der Waals surface area contributed by atoms with Crippen molar-refractivity contribution in [3.05, 3.63) is 82.4 Å². The van der Waals surface area contributed by atoms with E-state index in [-0.39, 0.29) is 11.7 Å². The van der Waals surface area contributed by atoms with Gasteiger partial charge in [0.2, 0.25) is 0 Å². The molecule has 128 valence electrons. The second-order valence-electron chi connectivity index (χ2n) is 5.52. The van der Waals surface area contributed by atoms with Crippen LogP contribution in [-0.4, -0.2) is 21.6 Å². The number of benzene rings is 2. The van der Waals surface area contributed by atoms with Gasteiger partial charge in [0.1, 0.15) is 23.3 Å². The number of imidazole rings is 1. The number of nitrogens with zero attached hydrogens (tertiary/aromatic N) is 3. The van der Waals surface area contributed by atoms with E-state index >= 15 is 0 Å². The van der Waals surface area contributed by atoms with Crippen LogP contribution in [0.1, 0.15) is 17.4 Å². The molecule has 0 bridgehead atoms. The minimum Gasteiger partial charge on any atom is -0.497 e. The topological polar surface area (TPSA) is 82.2 Å². The molecule has 0 fully saturated rings. The summed E-state index contributed by atoms with van der Waals surface area (Å²) in [4.78, 5) is 15.3. The number of methoxy groups -OCH3 is 1. The Bertz CT molecular complexity index is 874. The molecule has 0 spiro atoms. The quantitative estimate of drug-likeness (QED) is 0.549. The fraction of sp³-hybridized carbons (Fsp3) is 0.167. The van der Waals surface area contributed by atoms with E-state index in [1.165, 1.54) is 6.07 Å². The Balaban J connectivity index is 2.03. The van der Waals surface area contributed by atoms with Crippen molar-refractivity contribution in [2.45, 2.75) is 6.04 Å². The van der Waals surface area contributed by atoms with Crippen molar-refractivity contribution in [3.8, 4) is 5.75 Å². The molecule has 1 unspecified atom stereocenters. The van der Waals surface area contributed by atoms with Crippen molar-refractivity contribution < 1.29 is 9.66 Å². The molecule has 0 aliphatic heterocycles. The Kier molecular flexibility index (Phi) is 4.65. The zero-order valence-electron chi connectivity index (χ0n) is 13.9. The SMILES string of the molecule is COc1ccc(C(Nc2ccccc2[N+](=O)[O-])c2nccn2C)cc1. The number of para-hydroxylation sites is 2. The molecular weight excluding hydrogens is 320 g/mol. The highest BCUT2D eigenvalue weighted by Crippen LogP contribution is 2.31. The second-order valence-corrected chi connectivity index (χ2v) is 5.52. The maximum atomic E-state index is 11.3. The third-order valence-corrected chi connectivity index (χ3v) is 3.97. The van der Waals surface area contributed by atoms with Gasteiger partial charge in [0.05, 0.1) is 12.0 Å². The number of hydrogen-bond donors (Lipinski definition) is 1. The van der Waals surface area contributed by atoms with Gasteiger partial charge in [-0.25, -0.2) is 4.98 Å². The van der Waals surface area contributed by atoms with Crippen LogP contribution in [-0.2, 0) is 7.05 Å². The molecule has 3 aromatic rings. The zero-order valence-corrected chi connectivity index (χ0v) is 13.9. The fourth-order valence-corrected chi connectivity index (χ4v) is 2.66. The molecule has 2 aromatic carbocycles. The first-order chi connectivity index (χ1) is 12.1. The van der Waals surface area contributed by atoms with E-state index in [9.17, 15) is 10.1 Å². The number of rotatable bonds is 6. The molecule has 1 N–H and O–H groups in total. The van der Waals surface area contributed by atoms with Crippen molar-refractivity contribution in [2.75, 3.05) is 12.4 Å². The first-order valence-electron chi connectivity index (χ1n) is 7.71. The molecule has 0 saturated carbocycles. The van der Waals surface area contributed by atoms with Crippen LogP contribution in [0.3, 0.4) is 0 Å². The Morgan fingerprint density at radius 1 is 1.20 bits per heavy atom. The summed E-state index contributed by atoms with van der Waals surface area (Å²) < 4.78 is 7.09. The van der Waals surface area contributed by atoms with Crippen LogP contribution in [0, 0.1) is 10.1 Å². The van der Waals surface area contributed by atoms with E-state index in [1.54, 1.807) is 31.5 Å². The van der Waals surface area contributed by atoms with Crippen molar-refractivity contribution >= 4 is 11.4 Å². The van der Waals surface area contributed by atoms with Crippen molar-refractivity contribution in [1.29, 1.82) is 0 Å². The van der Waals surface area contributed by atoms with E-state index < -0.39 is 4.92 Å². The minimum atomic E-state index is -0.397. The van der Waals surface area contributed by atoms with Crippen LogP contribution < -0.4 is 10.1 Å². The first kappa shape index (κ1) is 16.5. The summed E-state index contributed by atoms with van der Waals surface area (Å²) in [6.07, 6.45) is 3.54. The zero-order chi connectivity index (χ0) is 17.8. The highest BCUT2D eigenvalue weighted by molar-refractivity contribution is 5.62. The Hall–Kier alpha value is -3.35. The molecule has 0 radical (unpaired) electrons. The van der Waals surface area contributed by atoms with Crippen LogP contribution in [0.25, 0.3) is 0 Å². The lowest BCUT2D eigenvalue weighted by molar-refractivity contribution is -0.384. The van der Waals surface area contributed by atoms with Crippen LogP contribution in [0.5, 0.6) is 5.75 Å². The minimum absolute atomic E-state index is 0.0234. The van der Waals surface area contributed by atoms with Gasteiger partial charge in [0.15, 0.2) is 0 Å². The van der Waals surface area contributed by atoms with E-state index in [0.717, 1.165) is 17.1 Å². The van der Waals surface area contributed by atoms with Gasteiger partial charge in [-0.15, -0.1) is 0 Å². The number of aromatic nitrogens is 2. The van der Waals surface area contributed by atoms with Gasteiger partial charge in [-0.05, 0) is 23.8 Å². The van der Waals surface area contributed by atoms with Gasteiger partial charge in [-0.2, -0.15) is 0 Å². The summed E-state index contributed by atoms with van der Waals surface area (Å²) in [5.41, 5.74) is 1.39. The third-order valence-electron chi connectivity index (χ3n) is 3.97. The average Bonchev–Trinajstić information content (AvgIpc) is 3.06. The van der Waals surface area contributed by atoms with Gasteiger partial charge in [-0.3, -0.25) is 10.1 Å². The number of nitro benzene ring substituents is 1. The molecule has 0 saturated heterocycles. The second kappa shape index (κ2) is 7.04. The number of hydrogen-bond acceptors (Lipinski definition) is 5. The van der Waals surface area contributed by atoms with Crippen LogP contribution in [0.2, 0.25) is 0 Å². The molecule has 25 heavy (non-hydrogen) atoms. The lowest BCUT2D eigenvalue weighted by atomic mass is 10.0. The molecule has 0 aliphatic carbocycles. The third kappa shape index (κ3) is 3.45. The smallest absolute Gasteiger partial charge is 0.292 e. The highest BCUT2D eigenvalue weighted by atomic mass is 16.6. The van der Waals surface area contributed by atoms with Gasteiger partial charge in [-0.1, -0.05) is 24.3 Å². The number of nitro groups is 1. The van der Waals surface area contributed by atoms with Crippen LogP contribution in [0.4, 0.5) is 11.4 Å². The maximum Gasteiger partial charge on any atom is 0.292 e. The molecule has 0 aliphatic rings. The predicted octanol–water partition coefficient (Wildman–Crippen LogP) is 3.54. The van der Waals surface area contributed by atoms with Gasteiger partial charge in [0.25, 0.3) is 5.69 Å². The molecule has 3 rings (SSSR count). The van der Waals surface area contributed by atoms with Crippen molar-refractivity contribution in [2.24, 2.45) is 7.05 Å². The number of anilines is 1. The summed E-state index contributed by atoms with van der Waals surface area (Å²) >= 11 is 0. The van der Waals surface area contributed by atoms with E-state index in [0.29, 0.717) is 5.69 Å². The molecule has 0 amide bonds. The Morgan fingerprint density at radius 3 is 2.52 bits per heavy atom. The monoisotopic (exact) mass is 338 g/mol. The number of ether oxygens (including phenoxy) is 1. The summed E-state index contributed by atoms with van der Waals surface area (Å²) in [6.45, 7) is 0. The molecule has 1 heterocycles. The van der Waals surface area contributed by atoms with Crippen molar-refractivity contribution in [1.82, 2.24) is 9.55 Å². The fourth-order valence-electron chi connectivity index (χ4n) is 2.66. The summed E-state index contributed by atoms with van der Waals surface area (Å²) in [5.74, 6) is 1.50. The molecule has 7 heteroatoms. The van der Waals surface area contributed by atoms with E-state index in [4.69, 9.17) is 4.74 Å². The lowest BCUT2D eigenvalue weighted by Crippen LogP contribution is -2.17. The van der Waals surface area contributed by atoms with E-state index in [2.05, 4.69) is 10.3 Å².